The average molecular weight is 258 g/mol. The van der Waals surface area contributed by atoms with Crippen LogP contribution in [0.15, 0.2) is 12.3 Å². The van der Waals surface area contributed by atoms with Crippen LogP contribution in [0.3, 0.4) is 0 Å². The Hall–Kier alpha value is -1.12. The molecule has 4 fully saturated rings. The summed E-state index contributed by atoms with van der Waals surface area (Å²) in [6, 6.07) is 1.86. The van der Waals surface area contributed by atoms with E-state index < -0.39 is 0 Å². The van der Waals surface area contributed by atoms with Crippen LogP contribution in [-0.2, 0) is 7.05 Å². The van der Waals surface area contributed by atoms with E-state index in [-0.39, 0.29) is 5.78 Å². The van der Waals surface area contributed by atoms with Gasteiger partial charge in [0.1, 0.15) is 5.69 Å². The number of aromatic nitrogens is 2. The minimum atomic E-state index is 0.266. The summed E-state index contributed by atoms with van der Waals surface area (Å²) in [6.45, 7) is 0. The second-order valence-corrected chi connectivity index (χ2v) is 7.39. The fraction of sp³-hybridized carbons (Fsp3) is 0.750. The van der Waals surface area contributed by atoms with Crippen molar-refractivity contribution in [3.05, 3.63) is 18.0 Å². The van der Waals surface area contributed by atoms with E-state index in [0.29, 0.717) is 11.1 Å². The molecule has 0 N–H and O–H groups in total. The van der Waals surface area contributed by atoms with E-state index >= 15 is 0 Å². The van der Waals surface area contributed by atoms with E-state index in [1.54, 1.807) is 4.68 Å². The molecule has 5 rings (SSSR count). The van der Waals surface area contributed by atoms with Crippen molar-refractivity contribution in [3.63, 3.8) is 0 Å². The van der Waals surface area contributed by atoms with Crippen LogP contribution in [0.25, 0.3) is 0 Å². The Labute approximate surface area is 114 Å². The molecule has 4 saturated carbocycles. The number of hydrogen-bond acceptors (Lipinski definition) is 2. The van der Waals surface area contributed by atoms with Crippen molar-refractivity contribution >= 4 is 5.78 Å². The molecule has 0 aromatic carbocycles. The third-order valence-corrected chi connectivity index (χ3v) is 5.70. The van der Waals surface area contributed by atoms with Gasteiger partial charge >= 0.3 is 0 Å². The van der Waals surface area contributed by atoms with Gasteiger partial charge in [-0.25, -0.2) is 0 Å². The van der Waals surface area contributed by atoms with Gasteiger partial charge in [0.15, 0.2) is 5.78 Å². The van der Waals surface area contributed by atoms with Crippen molar-refractivity contribution in [2.75, 3.05) is 0 Å². The summed E-state index contributed by atoms with van der Waals surface area (Å²) in [5.74, 6) is 3.02. The maximum atomic E-state index is 12.5. The number of Topliss-reactive ketones (excluding diaryl/α,β-unsaturated/α-hetero) is 1. The number of nitrogens with zero attached hydrogens (tertiary/aromatic N) is 2. The first kappa shape index (κ1) is 11.7. The van der Waals surface area contributed by atoms with E-state index in [0.717, 1.165) is 24.2 Å². The molecule has 3 nitrogen and oxygen atoms in total. The summed E-state index contributed by atoms with van der Waals surface area (Å²) in [6.07, 6.45) is 10.8. The second kappa shape index (κ2) is 3.94. The molecular weight excluding hydrogens is 236 g/mol. The molecule has 1 aromatic heterocycles. The molecule has 19 heavy (non-hydrogen) atoms. The van der Waals surface area contributed by atoms with Gasteiger partial charge in [0.25, 0.3) is 0 Å². The number of carbonyl (C=O) groups is 1. The molecule has 4 aliphatic carbocycles. The summed E-state index contributed by atoms with van der Waals surface area (Å²) in [5, 5.41) is 4.28. The predicted octanol–water partition coefficient (Wildman–Crippen LogP) is 3.21. The van der Waals surface area contributed by atoms with Crippen LogP contribution in [0.4, 0.5) is 0 Å². The Bertz CT molecular complexity index is 481. The zero-order valence-corrected chi connectivity index (χ0v) is 11.6. The summed E-state index contributed by atoms with van der Waals surface area (Å²) >= 11 is 0. The molecule has 4 bridgehead atoms. The van der Waals surface area contributed by atoms with Crippen molar-refractivity contribution in [1.29, 1.82) is 0 Å². The number of ketones is 1. The Morgan fingerprint density at radius 3 is 2.32 bits per heavy atom. The first-order valence-corrected chi connectivity index (χ1v) is 7.65. The van der Waals surface area contributed by atoms with Crippen LogP contribution < -0.4 is 0 Å². The molecule has 3 heteroatoms. The lowest BCUT2D eigenvalue weighted by atomic mass is 9.48. The number of carbonyl (C=O) groups excluding carboxylic acids is 1. The van der Waals surface area contributed by atoms with Crippen molar-refractivity contribution < 1.29 is 4.79 Å². The van der Waals surface area contributed by atoms with Crippen LogP contribution in [-0.4, -0.2) is 15.6 Å². The van der Waals surface area contributed by atoms with Gasteiger partial charge in [-0.2, -0.15) is 5.10 Å². The van der Waals surface area contributed by atoms with Gasteiger partial charge in [0.05, 0.1) is 0 Å². The lowest BCUT2D eigenvalue weighted by Crippen LogP contribution is -2.46. The average Bonchev–Trinajstić information content (AvgIpc) is 2.73. The standard InChI is InChI=1S/C16H22N2O/c1-18-3-2-14(17-18)15(19)10-16-7-11-4-12(8-16)6-13(5-11)9-16/h2-3,11-13H,4-10H2,1H3. The molecule has 1 heterocycles. The van der Waals surface area contributed by atoms with E-state index in [1.165, 1.54) is 38.5 Å². The number of rotatable bonds is 3. The van der Waals surface area contributed by atoms with Gasteiger partial charge in [-0.3, -0.25) is 9.48 Å². The first-order valence-electron chi connectivity index (χ1n) is 7.65. The second-order valence-electron chi connectivity index (χ2n) is 7.39. The zero-order valence-electron chi connectivity index (χ0n) is 11.6. The minimum Gasteiger partial charge on any atom is -0.292 e. The third-order valence-electron chi connectivity index (χ3n) is 5.70. The highest BCUT2D eigenvalue weighted by atomic mass is 16.1. The maximum Gasteiger partial charge on any atom is 0.183 e. The lowest BCUT2D eigenvalue weighted by Gasteiger charge is -2.56. The fourth-order valence-corrected chi connectivity index (χ4v) is 5.50. The number of aryl methyl sites for hydroxylation is 1. The van der Waals surface area contributed by atoms with Crippen LogP contribution in [0.2, 0.25) is 0 Å². The Morgan fingerprint density at radius 1 is 1.26 bits per heavy atom. The van der Waals surface area contributed by atoms with Crippen molar-refractivity contribution in [1.82, 2.24) is 9.78 Å². The summed E-state index contributed by atoms with van der Waals surface area (Å²) in [7, 11) is 1.88. The summed E-state index contributed by atoms with van der Waals surface area (Å²) in [4.78, 5) is 12.5. The molecule has 4 aliphatic rings. The monoisotopic (exact) mass is 258 g/mol. The van der Waals surface area contributed by atoms with Crippen LogP contribution in [0.5, 0.6) is 0 Å². The first-order chi connectivity index (χ1) is 9.12. The van der Waals surface area contributed by atoms with E-state index in [2.05, 4.69) is 5.10 Å². The predicted molar refractivity (Wildman–Crippen MR) is 72.8 cm³/mol. The molecule has 0 unspecified atom stereocenters. The van der Waals surface area contributed by atoms with E-state index in [4.69, 9.17) is 0 Å². The van der Waals surface area contributed by atoms with Gasteiger partial charge < -0.3 is 0 Å². The number of hydrogen-bond donors (Lipinski definition) is 0. The van der Waals surface area contributed by atoms with Crippen molar-refractivity contribution in [2.24, 2.45) is 30.2 Å². The molecule has 0 radical (unpaired) electrons. The normalized spacial score (nSPS) is 39.7. The Balaban J connectivity index is 1.54. The van der Waals surface area contributed by atoms with Gasteiger partial charge in [-0.05, 0) is 67.8 Å². The van der Waals surface area contributed by atoms with Crippen LogP contribution >= 0.6 is 0 Å². The fourth-order valence-electron chi connectivity index (χ4n) is 5.50. The quantitative estimate of drug-likeness (QED) is 0.780. The SMILES string of the molecule is Cn1ccc(C(=O)CC23CC4CC(CC(C4)C2)C3)n1. The highest BCUT2D eigenvalue weighted by molar-refractivity contribution is 5.94. The molecule has 1 aromatic rings. The Morgan fingerprint density at radius 2 is 1.84 bits per heavy atom. The van der Waals surface area contributed by atoms with Crippen molar-refractivity contribution in [2.45, 2.75) is 44.9 Å². The van der Waals surface area contributed by atoms with Gasteiger partial charge in [0.2, 0.25) is 0 Å². The summed E-state index contributed by atoms with van der Waals surface area (Å²) in [5.41, 5.74) is 1.00. The van der Waals surface area contributed by atoms with Crippen LogP contribution in [0, 0.1) is 23.2 Å². The van der Waals surface area contributed by atoms with Gasteiger partial charge in [-0.1, -0.05) is 0 Å². The summed E-state index contributed by atoms with van der Waals surface area (Å²) < 4.78 is 1.73. The molecule has 0 aliphatic heterocycles. The van der Waals surface area contributed by atoms with Crippen LogP contribution in [0.1, 0.15) is 55.4 Å². The highest BCUT2D eigenvalue weighted by Crippen LogP contribution is 2.61. The zero-order chi connectivity index (χ0) is 13.0. The third kappa shape index (κ3) is 1.94. The maximum absolute atomic E-state index is 12.5. The topological polar surface area (TPSA) is 34.9 Å². The van der Waals surface area contributed by atoms with Gasteiger partial charge in [0, 0.05) is 19.7 Å². The molecule has 102 valence electrons. The van der Waals surface area contributed by atoms with E-state index in [9.17, 15) is 4.79 Å². The smallest absolute Gasteiger partial charge is 0.183 e. The van der Waals surface area contributed by atoms with Gasteiger partial charge in [-0.15, -0.1) is 0 Å². The lowest BCUT2D eigenvalue weighted by molar-refractivity contribution is -0.0524. The Kier molecular flexibility index (Phi) is 2.42. The van der Waals surface area contributed by atoms with Crippen molar-refractivity contribution in [3.8, 4) is 0 Å². The molecule has 0 atom stereocenters. The largest absolute Gasteiger partial charge is 0.292 e. The molecular formula is C16H22N2O. The highest BCUT2D eigenvalue weighted by Gasteiger charge is 2.51. The molecule has 0 saturated heterocycles. The molecule has 0 spiro atoms. The minimum absolute atomic E-state index is 0.266. The molecule has 0 amide bonds. The van der Waals surface area contributed by atoms with E-state index in [1.807, 2.05) is 19.3 Å².